The van der Waals surface area contributed by atoms with Crippen molar-refractivity contribution in [1.82, 2.24) is 10.6 Å². The predicted octanol–water partition coefficient (Wildman–Crippen LogP) is 3.42. The lowest BCUT2D eigenvalue weighted by atomic mass is 10.0. The number of benzene rings is 1. The second-order valence-corrected chi connectivity index (χ2v) is 8.69. The average molecular weight is 407 g/mol. The van der Waals surface area contributed by atoms with Crippen LogP contribution in [0, 0.1) is 11.8 Å². The van der Waals surface area contributed by atoms with Crippen LogP contribution in [0.3, 0.4) is 0 Å². The maximum atomic E-state index is 12.8. The van der Waals surface area contributed by atoms with Gasteiger partial charge in [-0.05, 0) is 38.2 Å². The van der Waals surface area contributed by atoms with Gasteiger partial charge < -0.3 is 20.1 Å². The van der Waals surface area contributed by atoms with Crippen LogP contribution in [-0.4, -0.2) is 35.7 Å². The monoisotopic (exact) mass is 406 g/mol. The van der Waals surface area contributed by atoms with E-state index in [1.165, 1.54) is 0 Å². The van der Waals surface area contributed by atoms with Crippen LogP contribution in [0.25, 0.3) is 0 Å². The Bertz CT molecular complexity index is 680. The van der Waals surface area contributed by atoms with Gasteiger partial charge in [0.25, 0.3) is 0 Å². The van der Waals surface area contributed by atoms with Crippen LogP contribution in [0.4, 0.5) is 4.79 Å². The van der Waals surface area contributed by atoms with E-state index in [1.54, 1.807) is 34.6 Å². The third kappa shape index (κ3) is 8.98. The summed E-state index contributed by atoms with van der Waals surface area (Å²) in [6, 6.07) is 7.65. The molecule has 0 bridgehead atoms. The summed E-state index contributed by atoms with van der Waals surface area (Å²) in [5.41, 5.74) is 0.186. The molecule has 1 rings (SSSR count). The lowest BCUT2D eigenvalue weighted by Gasteiger charge is -2.27. The van der Waals surface area contributed by atoms with Crippen LogP contribution in [0.1, 0.15) is 54.0 Å². The molecule has 2 unspecified atom stereocenters. The molecule has 1 aromatic rings. The lowest BCUT2D eigenvalue weighted by molar-refractivity contribution is -0.150. The van der Waals surface area contributed by atoms with Crippen molar-refractivity contribution in [3.63, 3.8) is 0 Å². The van der Waals surface area contributed by atoms with E-state index < -0.39 is 35.7 Å². The Morgan fingerprint density at radius 3 is 1.93 bits per heavy atom. The first-order chi connectivity index (χ1) is 13.4. The Morgan fingerprint density at radius 2 is 1.45 bits per heavy atom. The van der Waals surface area contributed by atoms with Crippen LogP contribution in [0.15, 0.2) is 30.3 Å². The molecular formula is C22H34N2O5. The summed E-state index contributed by atoms with van der Waals surface area (Å²) in [5, 5.41) is 5.31. The van der Waals surface area contributed by atoms with Crippen molar-refractivity contribution in [2.75, 3.05) is 0 Å². The number of carbonyl (C=O) groups excluding carboxylic acids is 3. The summed E-state index contributed by atoms with van der Waals surface area (Å²) in [6.45, 7) is 12.6. The van der Waals surface area contributed by atoms with E-state index >= 15 is 0 Å². The molecule has 0 aliphatic carbocycles. The molecule has 0 aliphatic heterocycles. The van der Waals surface area contributed by atoms with Crippen molar-refractivity contribution in [3.05, 3.63) is 35.9 Å². The minimum atomic E-state index is -0.840. The molecule has 0 saturated carbocycles. The van der Waals surface area contributed by atoms with E-state index in [0.29, 0.717) is 0 Å². The highest BCUT2D eigenvalue weighted by molar-refractivity contribution is 5.90. The Morgan fingerprint density at radius 1 is 0.897 bits per heavy atom. The summed E-state index contributed by atoms with van der Waals surface area (Å²) in [4.78, 5) is 37.4. The number of amides is 2. The largest absolute Gasteiger partial charge is 0.459 e. The zero-order valence-electron chi connectivity index (χ0n) is 18.4. The van der Waals surface area contributed by atoms with E-state index in [2.05, 4.69) is 10.6 Å². The molecule has 0 aromatic heterocycles. The van der Waals surface area contributed by atoms with E-state index in [0.717, 1.165) is 5.56 Å². The second kappa shape index (κ2) is 10.8. The first kappa shape index (κ1) is 24.5. The van der Waals surface area contributed by atoms with Crippen LogP contribution in [0.5, 0.6) is 0 Å². The highest BCUT2D eigenvalue weighted by Gasteiger charge is 2.32. The summed E-state index contributed by atoms with van der Waals surface area (Å²) in [6.07, 6.45) is -0.681. The van der Waals surface area contributed by atoms with Crippen LogP contribution in [0.2, 0.25) is 0 Å². The normalized spacial score (nSPS) is 13.6. The van der Waals surface area contributed by atoms with Crippen molar-refractivity contribution in [2.45, 2.75) is 72.8 Å². The summed E-state index contributed by atoms with van der Waals surface area (Å²) >= 11 is 0. The lowest BCUT2D eigenvalue weighted by Crippen LogP contribution is -2.55. The number of nitrogens with one attached hydrogen (secondary N) is 2. The Hall–Kier alpha value is -2.57. The molecule has 2 N–H and O–H groups in total. The number of esters is 1. The van der Waals surface area contributed by atoms with Crippen molar-refractivity contribution in [2.24, 2.45) is 11.8 Å². The molecule has 0 fully saturated rings. The average Bonchev–Trinajstić information content (AvgIpc) is 2.60. The van der Waals surface area contributed by atoms with Crippen LogP contribution >= 0.6 is 0 Å². The summed E-state index contributed by atoms with van der Waals surface area (Å²) in [5.74, 6) is -1.36. The van der Waals surface area contributed by atoms with Gasteiger partial charge in [-0.3, -0.25) is 4.79 Å². The summed E-state index contributed by atoms with van der Waals surface area (Å²) < 4.78 is 10.6. The molecule has 29 heavy (non-hydrogen) atoms. The van der Waals surface area contributed by atoms with Gasteiger partial charge in [-0.1, -0.05) is 58.0 Å². The van der Waals surface area contributed by atoms with E-state index in [4.69, 9.17) is 9.47 Å². The van der Waals surface area contributed by atoms with Gasteiger partial charge in [0.05, 0.1) is 0 Å². The topological polar surface area (TPSA) is 93.7 Å². The van der Waals surface area contributed by atoms with Crippen molar-refractivity contribution in [1.29, 1.82) is 0 Å². The number of hydrogen-bond donors (Lipinski definition) is 2. The zero-order chi connectivity index (χ0) is 22.2. The van der Waals surface area contributed by atoms with Gasteiger partial charge in [0.1, 0.15) is 24.3 Å². The fourth-order valence-corrected chi connectivity index (χ4v) is 2.53. The first-order valence-corrected chi connectivity index (χ1v) is 9.91. The Labute approximate surface area is 173 Å². The number of rotatable bonds is 8. The number of ether oxygens (including phenoxy) is 2. The maximum absolute atomic E-state index is 12.8. The summed E-state index contributed by atoms with van der Waals surface area (Å²) in [7, 11) is 0. The number of carbonyl (C=O) groups is 3. The molecule has 2 amide bonds. The molecule has 2 atom stereocenters. The van der Waals surface area contributed by atoms with Gasteiger partial charge in [0.15, 0.2) is 0 Å². The van der Waals surface area contributed by atoms with Gasteiger partial charge in [-0.25, -0.2) is 9.59 Å². The quantitative estimate of drug-likeness (QED) is 0.645. The fourth-order valence-electron chi connectivity index (χ4n) is 2.53. The van der Waals surface area contributed by atoms with E-state index in [1.807, 2.05) is 44.2 Å². The van der Waals surface area contributed by atoms with Crippen LogP contribution in [-0.2, 0) is 25.7 Å². The third-order valence-electron chi connectivity index (χ3n) is 4.06. The molecule has 7 nitrogen and oxygen atoms in total. The minimum Gasteiger partial charge on any atom is -0.459 e. The van der Waals surface area contributed by atoms with Crippen molar-refractivity contribution >= 4 is 18.0 Å². The molecule has 1 aromatic carbocycles. The second-order valence-electron chi connectivity index (χ2n) is 8.69. The fraction of sp³-hybridized carbons (Fsp3) is 0.591. The molecule has 0 radical (unpaired) electrons. The molecule has 0 heterocycles. The Kier molecular flexibility index (Phi) is 9.14. The minimum absolute atomic E-state index is 0.128. The van der Waals surface area contributed by atoms with Crippen molar-refractivity contribution in [3.8, 4) is 0 Å². The SMILES string of the molecule is CC(C)C(NC(=O)OC(C)(C)C)C(=O)NC(C(=O)OCc1ccccc1)C(C)C. The van der Waals surface area contributed by atoms with Gasteiger partial charge >= 0.3 is 12.1 Å². The van der Waals surface area contributed by atoms with Crippen molar-refractivity contribution < 1.29 is 23.9 Å². The van der Waals surface area contributed by atoms with Gasteiger partial charge in [0.2, 0.25) is 5.91 Å². The van der Waals surface area contributed by atoms with E-state index in [-0.39, 0.29) is 18.4 Å². The molecule has 0 aliphatic rings. The van der Waals surface area contributed by atoms with E-state index in [9.17, 15) is 14.4 Å². The maximum Gasteiger partial charge on any atom is 0.408 e. The first-order valence-electron chi connectivity index (χ1n) is 9.91. The zero-order valence-corrected chi connectivity index (χ0v) is 18.4. The Balaban J connectivity index is 2.76. The number of hydrogen-bond acceptors (Lipinski definition) is 5. The molecule has 0 spiro atoms. The molecular weight excluding hydrogens is 372 g/mol. The van der Waals surface area contributed by atoms with Gasteiger partial charge in [-0.15, -0.1) is 0 Å². The van der Waals surface area contributed by atoms with Crippen LogP contribution < -0.4 is 10.6 Å². The molecule has 0 saturated heterocycles. The van der Waals surface area contributed by atoms with Gasteiger partial charge in [-0.2, -0.15) is 0 Å². The highest BCUT2D eigenvalue weighted by atomic mass is 16.6. The predicted molar refractivity (Wildman–Crippen MR) is 111 cm³/mol. The standard InChI is InChI=1S/C22H34N2O5/c1-14(2)17(24-21(27)29-22(5,6)7)19(25)23-18(15(3)4)20(26)28-13-16-11-9-8-10-12-16/h8-12,14-15,17-18H,13H2,1-7H3,(H,23,25)(H,24,27). The smallest absolute Gasteiger partial charge is 0.408 e. The highest BCUT2D eigenvalue weighted by Crippen LogP contribution is 2.11. The van der Waals surface area contributed by atoms with Gasteiger partial charge in [0, 0.05) is 0 Å². The third-order valence-corrected chi connectivity index (χ3v) is 4.06. The molecule has 162 valence electrons. The molecule has 7 heteroatoms. The number of alkyl carbamates (subject to hydrolysis) is 1.